The molecule has 0 amide bonds. The molecule has 1 radical (unpaired) electrons. The first-order chi connectivity index (χ1) is 8.70. The van der Waals surface area contributed by atoms with E-state index in [4.69, 9.17) is 0 Å². The first-order valence-corrected chi connectivity index (χ1v) is 9.85. The Balaban J connectivity index is 3.14. The quantitative estimate of drug-likeness (QED) is 0.370. The predicted molar refractivity (Wildman–Crippen MR) is 91.8 cm³/mol. The number of unbranched alkanes of at least 4 members (excludes halogenated alkanes) is 4. The van der Waals surface area contributed by atoms with Crippen molar-refractivity contribution in [3.8, 4) is 0 Å². The Hall–Kier alpha value is 0.700. The van der Waals surface area contributed by atoms with E-state index in [1.165, 1.54) is 56.5 Å². The van der Waals surface area contributed by atoms with Crippen molar-refractivity contribution >= 4 is 23.5 Å². The van der Waals surface area contributed by atoms with E-state index in [-0.39, 0.29) is 0 Å². The Labute approximate surface area is 124 Å². The lowest BCUT2D eigenvalue weighted by Gasteiger charge is -2.10. The van der Waals surface area contributed by atoms with Gasteiger partial charge in [0.25, 0.3) is 0 Å². The Bertz CT molecular complexity index is 159. The molecule has 0 heterocycles. The molecule has 0 saturated carbocycles. The van der Waals surface area contributed by atoms with Crippen LogP contribution in [-0.4, -0.2) is 22.0 Å². The number of thioether (sulfide) groups is 2. The largest absolute Gasteiger partial charge is 0.159 e. The van der Waals surface area contributed by atoms with Gasteiger partial charge in [-0.15, -0.1) is 0 Å². The topological polar surface area (TPSA) is 0 Å². The van der Waals surface area contributed by atoms with Crippen LogP contribution in [0.2, 0.25) is 0 Å². The molecule has 18 heavy (non-hydrogen) atoms. The van der Waals surface area contributed by atoms with Crippen molar-refractivity contribution in [2.24, 2.45) is 0 Å². The zero-order valence-corrected chi connectivity index (χ0v) is 14.5. The average Bonchev–Trinajstić information content (AvgIpc) is 2.37. The number of hydrogen-bond donors (Lipinski definition) is 0. The summed E-state index contributed by atoms with van der Waals surface area (Å²) >= 11 is 4.28. The van der Waals surface area contributed by atoms with Gasteiger partial charge in [-0.3, -0.25) is 0 Å². The van der Waals surface area contributed by atoms with Gasteiger partial charge in [0, 0.05) is 10.5 Å². The average molecular weight is 290 g/mol. The SMILES string of the molecule is CCCCSC(C)C[CH]CCCCSC(C)CC. The summed E-state index contributed by atoms with van der Waals surface area (Å²) in [5.41, 5.74) is 0. The van der Waals surface area contributed by atoms with Crippen LogP contribution in [0.1, 0.15) is 72.6 Å². The Morgan fingerprint density at radius 1 is 0.889 bits per heavy atom. The first kappa shape index (κ1) is 18.7. The zero-order chi connectivity index (χ0) is 13.6. The van der Waals surface area contributed by atoms with Gasteiger partial charge in [-0.1, -0.05) is 47.0 Å². The molecule has 0 bridgehead atoms. The summed E-state index contributed by atoms with van der Waals surface area (Å²) in [6, 6.07) is 0. The number of rotatable bonds is 13. The van der Waals surface area contributed by atoms with Crippen LogP contribution in [0.15, 0.2) is 0 Å². The Morgan fingerprint density at radius 2 is 1.56 bits per heavy atom. The second kappa shape index (κ2) is 14.1. The zero-order valence-electron chi connectivity index (χ0n) is 12.9. The smallest absolute Gasteiger partial charge is 0.00214 e. The van der Waals surface area contributed by atoms with Gasteiger partial charge < -0.3 is 0 Å². The van der Waals surface area contributed by atoms with Gasteiger partial charge in [-0.25, -0.2) is 0 Å². The molecule has 0 rings (SSSR count). The van der Waals surface area contributed by atoms with Crippen molar-refractivity contribution < 1.29 is 0 Å². The molecule has 0 nitrogen and oxygen atoms in total. The summed E-state index contributed by atoms with van der Waals surface area (Å²) in [7, 11) is 0. The fraction of sp³-hybridized carbons (Fsp3) is 0.938. The molecular weight excluding hydrogens is 256 g/mol. The van der Waals surface area contributed by atoms with Crippen molar-refractivity contribution in [2.75, 3.05) is 11.5 Å². The third-order valence-corrected chi connectivity index (χ3v) is 5.89. The van der Waals surface area contributed by atoms with Gasteiger partial charge in [0.2, 0.25) is 0 Å². The molecule has 0 aliphatic heterocycles. The van der Waals surface area contributed by atoms with Crippen LogP contribution in [0.25, 0.3) is 0 Å². The van der Waals surface area contributed by atoms with Gasteiger partial charge in [0.1, 0.15) is 0 Å². The minimum absolute atomic E-state index is 0.825. The lowest BCUT2D eigenvalue weighted by Crippen LogP contribution is -1.98. The van der Waals surface area contributed by atoms with E-state index in [1.807, 2.05) is 0 Å². The van der Waals surface area contributed by atoms with Gasteiger partial charge >= 0.3 is 0 Å². The molecule has 0 aliphatic rings. The van der Waals surface area contributed by atoms with Crippen molar-refractivity contribution in [2.45, 2.75) is 83.1 Å². The lowest BCUT2D eigenvalue weighted by molar-refractivity contribution is 0.744. The molecule has 2 heteroatoms. The normalized spacial score (nSPS) is 14.7. The standard InChI is InChI=1S/C16H33S2/c1-5-7-13-18-16(4)12-10-8-9-11-14-17-15(3)6-2/h10,15-16H,5-9,11-14H2,1-4H3. The van der Waals surface area contributed by atoms with Crippen LogP contribution in [0, 0.1) is 6.42 Å². The number of hydrogen-bond acceptors (Lipinski definition) is 2. The molecular formula is C16H33S2. The molecule has 0 spiro atoms. The molecule has 0 N–H and O–H groups in total. The maximum atomic E-state index is 2.51. The monoisotopic (exact) mass is 289 g/mol. The fourth-order valence-corrected chi connectivity index (χ4v) is 3.78. The van der Waals surface area contributed by atoms with Gasteiger partial charge in [-0.2, -0.15) is 23.5 Å². The summed E-state index contributed by atoms with van der Waals surface area (Å²) in [6.07, 6.45) is 11.9. The molecule has 0 saturated heterocycles. The summed E-state index contributed by atoms with van der Waals surface area (Å²) < 4.78 is 0. The highest BCUT2D eigenvalue weighted by Crippen LogP contribution is 2.19. The van der Waals surface area contributed by atoms with Crippen molar-refractivity contribution in [3.05, 3.63) is 6.42 Å². The first-order valence-electron chi connectivity index (χ1n) is 7.75. The predicted octanol–water partition coefficient (Wildman–Crippen LogP) is 6.20. The summed E-state index contributed by atoms with van der Waals surface area (Å²) in [4.78, 5) is 0. The van der Waals surface area contributed by atoms with Crippen LogP contribution in [0.3, 0.4) is 0 Å². The third kappa shape index (κ3) is 13.1. The third-order valence-electron chi connectivity index (χ3n) is 3.18. The van der Waals surface area contributed by atoms with Gasteiger partial charge in [-0.05, 0) is 43.6 Å². The minimum Gasteiger partial charge on any atom is -0.159 e. The van der Waals surface area contributed by atoms with E-state index in [9.17, 15) is 0 Å². The second-order valence-electron chi connectivity index (χ2n) is 5.14. The lowest BCUT2D eigenvalue weighted by atomic mass is 10.1. The summed E-state index contributed by atoms with van der Waals surface area (Å²) in [6.45, 7) is 9.26. The molecule has 0 aromatic rings. The Kier molecular flexibility index (Phi) is 14.7. The second-order valence-corrected chi connectivity index (χ2v) is 8.24. The Morgan fingerprint density at radius 3 is 2.22 bits per heavy atom. The van der Waals surface area contributed by atoms with Crippen molar-refractivity contribution in [1.29, 1.82) is 0 Å². The van der Waals surface area contributed by atoms with Gasteiger partial charge in [0.15, 0.2) is 0 Å². The van der Waals surface area contributed by atoms with Crippen molar-refractivity contribution in [1.82, 2.24) is 0 Å². The highest BCUT2D eigenvalue weighted by Gasteiger charge is 2.02. The van der Waals surface area contributed by atoms with Crippen LogP contribution in [-0.2, 0) is 0 Å². The highest BCUT2D eigenvalue weighted by atomic mass is 32.2. The van der Waals surface area contributed by atoms with Crippen molar-refractivity contribution in [3.63, 3.8) is 0 Å². The molecule has 0 aromatic carbocycles. The maximum absolute atomic E-state index is 2.51. The van der Waals surface area contributed by atoms with E-state index < -0.39 is 0 Å². The maximum Gasteiger partial charge on any atom is 0.00214 e. The highest BCUT2D eigenvalue weighted by molar-refractivity contribution is 8.00. The molecule has 2 atom stereocenters. The van der Waals surface area contributed by atoms with Crippen LogP contribution >= 0.6 is 23.5 Å². The molecule has 0 aliphatic carbocycles. The van der Waals surface area contributed by atoms with E-state index in [0.717, 1.165) is 10.5 Å². The molecule has 0 fully saturated rings. The van der Waals surface area contributed by atoms with Crippen LogP contribution in [0.5, 0.6) is 0 Å². The van der Waals surface area contributed by atoms with E-state index in [1.54, 1.807) is 0 Å². The molecule has 0 aromatic heterocycles. The fourth-order valence-electron chi connectivity index (χ4n) is 1.64. The van der Waals surface area contributed by atoms with E-state index in [0.29, 0.717) is 0 Å². The molecule has 2 unspecified atom stereocenters. The van der Waals surface area contributed by atoms with Crippen LogP contribution < -0.4 is 0 Å². The van der Waals surface area contributed by atoms with E-state index in [2.05, 4.69) is 57.6 Å². The molecule has 109 valence electrons. The summed E-state index contributed by atoms with van der Waals surface area (Å²) in [5, 5.41) is 1.68. The van der Waals surface area contributed by atoms with Crippen LogP contribution in [0.4, 0.5) is 0 Å². The van der Waals surface area contributed by atoms with Gasteiger partial charge in [0.05, 0.1) is 0 Å². The van der Waals surface area contributed by atoms with E-state index >= 15 is 0 Å². The summed E-state index contributed by atoms with van der Waals surface area (Å²) in [5.74, 6) is 2.70. The minimum atomic E-state index is 0.825.